The Kier molecular flexibility index (Phi) is 4.53. The summed E-state index contributed by atoms with van der Waals surface area (Å²) in [5.74, 6) is 0. The molecule has 2 aromatic rings. The molecule has 0 radical (unpaired) electrons. The van der Waals surface area contributed by atoms with Crippen molar-refractivity contribution in [2.45, 2.75) is 19.8 Å². The van der Waals surface area contributed by atoms with Crippen LogP contribution in [0.5, 0.6) is 0 Å². The monoisotopic (exact) mass is 294 g/mol. The van der Waals surface area contributed by atoms with Crippen LogP contribution in [0.25, 0.3) is 5.69 Å². The van der Waals surface area contributed by atoms with Crippen molar-refractivity contribution >= 4 is 10.2 Å². The third-order valence-corrected chi connectivity index (χ3v) is 3.55. The first-order valence-corrected chi connectivity index (χ1v) is 7.88. The number of nitrogens with one attached hydrogen (secondary N) is 1. The Morgan fingerprint density at radius 3 is 2.65 bits per heavy atom. The number of aromatic nitrogens is 2. The predicted octanol–water partition coefficient (Wildman–Crippen LogP) is 0.906. The van der Waals surface area contributed by atoms with E-state index in [9.17, 15) is 8.42 Å². The fourth-order valence-electron chi connectivity index (χ4n) is 1.95. The van der Waals surface area contributed by atoms with Gasteiger partial charge in [0.2, 0.25) is 0 Å². The summed E-state index contributed by atoms with van der Waals surface area (Å²) in [7, 11) is -3.60. The van der Waals surface area contributed by atoms with Crippen molar-refractivity contribution < 1.29 is 8.42 Å². The second-order valence-corrected chi connectivity index (χ2v) is 5.94. The van der Waals surface area contributed by atoms with Crippen molar-refractivity contribution in [2.24, 2.45) is 5.14 Å². The summed E-state index contributed by atoms with van der Waals surface area (Å²) in [6.07, 6.45) is 3.40. The van der Waals surface area contributed by atoms with Crippen LogP contribution in [0.1, 0.15) is 17.7 Å². The molecule has 3 N–H and O–H groups in total. The molecule has 0 saturated carbocycles. The molecule has 0 aliphatic rings. The lowest BCUT2D eigenvalue weighted by molar-refractivity contribution is 0.580. The minimum atomic E-state index is -3.60. The molecule has 6 nitrogen and oxygen atoms in total. The zero-order valence-electron chi connectivity index (χ0n) is 11.3. The third-order valence-electron chi connectivity index (χ3n) is 2.95. The number of hydrogen-bond donors (Lipinski definition) is 2. The molecule has 0 aliphatic heterocycles. The second-order valence-electron chi connectivity index (χ2n) is 4.56. The lowest BCUT2D eigenvalue weighted by Gasteiger charge is -2.01. The van der Waals surface area contributed by atoms with Crippen LogP contribution in [-0.4, -0.2) is 24.7 Å². The van der Waals surface area contributed by atoms with E-state index in [1.807, 2.05) is 48.1 Å². The zero-order chi connectivity index (χ0) is 14.6. The summed E-state index contributed by atoms with van der Waals surface area (Å²) < 4.78 is 25.6. The van der Waals surface area contributed by atoms with E-state index < -0.39 is 10.2 Å². The minimum absolute atomic E-state index is 0.328. The average molecular weight is 294 g/mol. The maximum atomic E-state index is 10.7. The van der Waals surface area contributed by atoms with Crippen LogP contribution in [0.15, 0.2) is 36.5 Å². The summed E-state index contributed by atoms with van der Waals surface area (Å²) in [4.78, 5) is 0. The molecule has 0 fully saturated rings. The highest BCUT2D eigenvalue weighted by Gasteiger charge is 2.07. The topological polar surface area (TPSA) is 90.0 Å². The van der Waals surface area contributed by atoms with Gasteiger partial charge in [-0.3, -0.25) is 0 Å². The summed E-state index contributed by atoms with van der Waals surface area (Å²) in [5.41, 5.74) is 3.05. The number of nitrogens with zero attached hydrogens (tertiary/aromatic N) is 2. The van der Waals surface area contributed by atoms with Crippen LogP contribution in [-0.2, 0) is 16.6 Å². The molecule has 1 aromatic carbocycles. The smallest absolute Gasteiger partial charge is 0.240 e. The Bertz CT molecular complexity index is 665. The first kappa shape index (κ1) is 14.7. The van der Waals surface area contributed by atoms with Gasteiger partial charge in [-0.15, -0.1) is 0 Å². The van der Waals surface area contributed by atoms with E-state index in [-0.39, 0.29) is 0 Å². The molecule has 108 valence electrons. The first-order valence-electron chi connectivity index (χ1n) is 6.34. The Morgan fingerprint density at radius 1 is 1.30 bits per heavy atom. The molecule has 0 spiro atoms. The fraction of sp³-hybridized carbons (Fsp3) is 0.308. The van der Waals surface area contributed by atoms with E-state index in [0.29, 0.717) is 13.0 Å². The molecule has 7 heteroatoms. The van der Waals surface area contributed by atoms with Gasteiger partial charge in [0.15, 0.2) is 0 Å². The van der Waals surface area contributed by atoms with Crippen LogP contribution >= 0.6 is 0 Å². The third kappa shape index (κ3) is 4.16. The van der Waals surface area contributed by atoms with Gasteiger partial charge in [-0.25, -0.2) is 14.5 Å². The maximum Gasteiger partial charge on any atom is 0.274 e. The Morgan fingerprint density at radius 2 is 2.00 bits per heavy atom. The molecule has 1 heterocycles. The summed E-state index contributed by atoms with van der Waals surface area (Å²) in [6.45, 7) is 2.27. The van der Waals surface area contributed by atoms with Crippen molar-refractivity contribution in [3.8, 4) is 5.69 Å². The van der Waals surface area contributed by atoms with Gasteiger partial charge in [0.25, 0.3) is 10.2 Å². The van der Waals surface area contributed by atoms with Gasteiger partial charge >= 0.3 is 0 Å². The lowest BCUT2D eigenvalue weighted by Crippen LogP contribution is -2.31. The standard InChI is InChI=1S/C13H18N4O2S/c1-11-12(6-5-9-15-20(14,18)19)10-17(16-11)13-7-3-2-4-8-13/h2-4,7-8,10,15H,5-6,9H2,1H3,(H2,14,18,19). The second kappa shape index (κ2) is 6.17. The average Bonchev–Trinajstić information content (AvgIpc) is 2.76. The van der Waals surface area contributed by atoms with Crippen molar-refractivity contribution in [2.75, 3.05) is 6.54 Å². The molecule has 1 aromatic heterocycles. The van der Waals surface area contributed by atoms with E-state index in [2.05, 4.69) is 9.82 Å². The molecule has 0 bridgehead atoms. The SMILES string of the molecule is Cc1nn(-c2ccccc2)cc1CCCNS(N)(=O)=O. The molecule has 20 heavy (non-hydrogen) atoms. The molecular formula is C13H18N4O2S. The summed E-state index contributed by atoms with van der Waals surface area (Å²) in [5, 5.41) is 9.33. The van der Waals surface area contributed by atoms with Crippen LogP contribution in [0.3, 0.4) is 0 Å². The first-order chi connectivity index (χ1) is 9.46. The largest absolute Gasteiger partial charge is 0.274 e. The van der Waals surface area contributed by atoms with Gasteiger partial charge in [-0.2, -0.15) is 13.5 Å². The quantitative estimate of drug-likeness (QED) is 0.776. The molecule has 0 aliphatic carbocycles. The maximum absolute atomic E-state index is 10.7. The van der Waals surface area contributed by atoms with Gasteiger partial charge in [0, 0.05) is 12.7 Å². The molecule has 0 saturated heterocycles. The zero-order valence-corrected chi connectivity index (χ0v) is 12.1. The van der Waals surface area contributed by atoms with Crippen molar-refractivity contribution in [1.82, 2.24) is 14.5 Å². The van der Waals surface area contributed by atoms with Gasteiger partial charge in [0.05, 0.1) is 11.4 Å². The van der Waals surface area contributed by atoms with Crippen LogP contribution in [0.4, 0.5) is 0 Å². The highest BCUT2D eigenvalue weighted by molar-refractivity contribution is 7.87. The fourth-order valence-corrected chi connectivity index (χ4v) is 2.38. The normalized spacial score (nSPS) is 11.7. The molecule has 2 rings (SSSR count). The van der Waals surface area contributed by atoms with Gasteiger partial charge in [-0.1, -0.05) is 18.2 Å². The molecular weight excluding hydrogens is 276 g/mol. The Hall–Kier alpha value is -1.70. The Labute approximate surface area is 118 Å². The number of nitrogens with two attached hydrogens (primary N) is 1. The van der Waals surface area contributed by atoms with Gasteiger partial charge < -0.3 is 0 Å². The summed E-state index contributed by atoms with van der Waals surface area (Å²) in [6, 6.07) is 9.85. The minimum Gasteiger partial charge on any atom is -0.240 e. The molecule has 0 atom stereocenters. The highest BCUT2D eigenvalue weighted by Crippen LogP contribution is 2.13. The van der Waals surface area contributed by atoms with Gasteiger partial charge in [0.1, 0.15) is 0 Å². The Balaban J connectivity index is 1.98. The van der Waals surface area contributed by atoms with E-state index in [1.165, 1.54) is 0 Å². The van der Waals surface area contributed by atoms with Crippen molar-refractivity contribution in [1.29, 1.82) is 0 Å². The van der Waals surface area contributed by atoms with Gasteiger partial charge in [-0.05, 0) is 37.5 Å². The summed E-state index contributed by atoms with van der Waals surface area (Å²) >= 11 is 0. The molecule has 0 unspecified atom stereocenters. The van der Waals surface area contributed by atoms with Crippen LogP contribution < -0.4 is 9.86 Å². The van der Waals surface area contributed by atoms with Crippen molar-refractivity contribution in [3.05, 3.63) is 47.8 Å². The number of benzene rings is 1. The number of rotatable bonds is 6. The van der Waals surface area contributed by atoms with E-state index in [4.69, 9.17) is 5.14 Å². The van der Waals surface area contributed by atoms with Crippen LogP contribution in [0.2, 0.25) is 0 Å². The lowest BCUT2D eigenvalue weighted by atomic mass is 10.1. The van der Waals surface area contributed by atoms with E-state index in [1.54, 1.807) is 0 Å². The number of hydrogen-bond acceptors (Lipinski definition) is 3. The van der Waals surface area contributed by atoms with E-state index in [0.717, 1.165) is 23.4 Å². The van der Waals surface area contributed by atoms with E-state index >= 15 is 0 Å². The number of aryl methyl sites for hydroxylation is 2. The highest BCUT2D eigenvalue weighted by atomic mass is 32.2. The van der Waals surface area contributed by atoms with Crippen LogP contribution in [0, 0.1) is 6.92 Å². The number of para-hydroxylation sites is 1. The molecule has 0 amide bonds. The predicted molar refractivity (Wildman–Crippen MR) is 77.7 cm³/mol. The van der Waals surface area contributed by atoms with Crippen molar-refractivity contribution in [3.63, 3.8) is 0 Å².